The average molecular weight is 366 g/mol. The van der Waals surface area contributed by atoms with Gasteiger partial charge in [-0.25, -0.2) is 4.79 Å². The molecule has 1 rings (SSSR count). The number of esters is 1. The van der Waals surface area contributed by atoms with Crippen LogP contribution in [0.3, 0.4) is 0 Å². The molecule has 7 nitrogen and oxygen atoms in total. The second-order valence-corrected chi connectivity index (χ2v) is 6.50. The number of hydrogen-bond donors (Lipinski definition) is 1. The lowest BCUT2D eigenvalue weighted by atomic mass is 10.0. The fourth-order valence-corrected chi connectivity index (χ4v) is 2.86. The van der Waals surface area contributed by atoms with Crippen LogP contribution in [-0.4, -0.2) is 61.0 Å². The van der Waals surface area contributed by atoms with Crippen LogP contribution in [0.25, 0.3) is 0 Å². The lowest BCUT2D eigenvalue weighted by Gasteiger charge is -2.24. The maximum absolute atomic E-state index is 12.8. The SMILES string of the molecule is CCOCCCN(CC(=O)c1c(C)[nH]c(C(=O)OC)c1C)C(=O)C(C)C. The highest BCUT2D eigenvalue weighted by Crippen LogP contribution is 2.20. The third-order valence-electron chi connectivity index (χ3n) is 4.17. The molecule has 0 aliphatic carbocycles. The molecule has 0 atom stereocenters. The van der Waals surface area contributed by atoms with Crippen molar-refractivity contribution in [1.29, 1.82) is 0 Å². The Hall–Kier alpha value is -2.15. The molecule has 1 heterocycles. The third kappa shape index (κ3) is 5.42. The van der Waals surface area contributed by atoms with Crippen molar-refractivity contribution in [3.05, 3.63) is 22.5 Å². The van der Waals surface area contributed by atoms with Gasteiger partial charge in [0.05, 0.1) is 13.7 Å². The topological polar surface area (TPSA) is 88.7 Å². The lowest BCUT2D eigenvalue weighted by molar-refractivity contribution is -0.134. The van der Waals surface area contributed by atoms with E-state index in [4.69, 9.17) is 9.47 Å². The van der Waals surface area contributed by atoms with Gasteiger partial charge in [0.25, 0.3) is 0 Å². The van der Waals surface area contributed by atoms with Crippen LogP contribution in [0.1, 0.15) is 59.3 Å². The standard InChI is InChI=1S/C19H30N2O5/c1-7-26-10-8-9-21(18(23)12(2)3)11-15(22)16-13(4)17(19(24)25-6)20-14(16)5/h12,20H,7-11H2,1-6H3. The minimum Gasteiger partial charge on any atom is -0.464 e. The Bertz CT molecular complexity index is 649. The quantitative estimate of drug-likeness (QED) is 0.390. The number of hydrogen-bond acceptors (Lipinski definition) is 5. The monoisotopic (exact) mass is 366 g/mol. The first-order valence-electron chi connectivity index (χ1n) is 8.91. The molecule has 1 aromatic rings. The van der Waals surface area contributed by atoms with Crippen molar-refractivity contribution in [2.75, 3.05) is 33.4 Å². The number of amides is 1. The van der Waals surface area contributed by atoms with E-state index >= 15 is 0 Å². The molecule has 7 heteroatoms. The third-order valence-corrected chi connectivity index (χ3v) is 4.17. The smallest absolute Gasteiger partial charge is 0.354 e. The highest BCUT2D eigenvalue weighted by molar-refractivity contribution is 6.04. The fourth-order valence-electron chi connectivity index (χ4n) is 2.86. The minimum absolute atomic E-state index is 0.0245. The number of aryl methyl sites for hydroxylation is 1. The fraction of sp³-hybridized carbons (Fsp3) is 0.632. The number of Topliss-reactive ketones (excluding diaryl/α,β-unsaturated/α-hetero) is 1. The summed E-state index contributed by atoms with van der Waals surface area (Å²) in [6.45, 7) is 10.6. The number of carbonyl (C=O) groups is 3. The summed E-state index contributed by atoms with van der Waals surface area (Å²) >= 11 is 0. The Labute approximate surface area is 155 Å². The van der Waals surface area contributed by atoms with E-state index in [1.54, 1.807) is 18.7 Å². The average Bonchev–Trinajstić information content (AvgIpc) is 2.90. The minimum atomic E-state index is -0.517. The van der Waals surface area contributed by atoms with Gasteiger partial charge in [0.2, 0.25) is 5.91 Å². The summed E-state index contributed by atoms with van der Waals surface area (Å²) in [5.74, 6) is -0.990. The van der Waals surface area contributed by atoms with Gasteiger partial charge >= 0.3 is 5.97 Å². The van der Waals surface area contributed by atoms with E-state index in [0.29, 0.717) is 43.0 Å². The van der Waals surface area contributed by atoms with Crippen molar-refractivity contribution in [3.63, 3.8) is 0 Å². The van der Waals surface area contributed by atoms with Crippen molar-refractivity contribution in [1.82, 2.24) is 9.88 Å². The van der Waals surface area contributed by atoms with Crippen molar-refractivity contribution < 1.29 is 23.9 Å². The van der Waals surface area contributed by atoms with Crippen molar-refractivity contribution in [2.24, 2.45) is 5.92 Å². The summed E-state index contributed by atoms with van der Waals surface area (Å²) in [6, 6.07) is 0. The largest absolute Gasteiger partial charge is 0.464 e. The Kier molecular flexibility index (Phi) is 8.51. The van der Waals surface area contributed by atoms with Gasteiger partial charge < -0.3 is 19.4 Å². The number of methoxy groups -OCH3 is 1. The van der Waals surface area contributed by atoms with Gasteiger partial charge in [-0.2, -0.15) is 0 Å². The molecule has 1 aromatic heterocycles. The van der Waals surface area contributed by atoms with E-state index in [0.717, 1.165) is 0 Å². The first-order chi connectivity index (χ1) is 12.2. The molecule has 0 spiro atoms. The zero-order valence-corrected chi connectivity index (χ0v) is 16.6. The van der Waals surface area contributed by atoms with Crippen LogP contribution in [0.4, 0.5) is 0 Å². The number of aromatic amines is 1. The van der Waals surface area contributed by atoms with Crippen LogP contribution >= 0.6 is 0 Å². The molecule has 0 saturated heterocycles. The maximum atomic E-state index is 12.8. The molecule has 0 bridgehead atoms. The first kappa shape index (κ1) is 21.9. The van der Waals surface area contributed by atoms with E-state index < -0.39 is 5.97 Å². The molecular weight excluding hydrogens is 336 g/mol. The molecule has 0 saturated carbocycles. The van der Waals surface area contributed by atoms with Crippen LogP contribution in [0.2, 0.25) is 0 Å². The molecular formula is C19H30N2O5. The highest BCUT2D eigenvalue weighted by atomic mass is 16.5. The van der Waals surface area contributed by atoms with Crippen LogP contribution < -0.4 is 0 Å². The van der Waals surface area contributed by atoms with Gasteiger partial charge in [0.1, 0.15) is 5.69 Å². The second-order valence-electron chi connectivity index (χ2n) is 6.50. The lowest BCUT2D eigenvalue weighted by Crippen LogP contribution is -2.39. The molecule has 0 fully saturated rings. The van der Waals surface area contributed by atoms with Crippen molar-refractivity contribution in [2.45, 2.75) is 41.0 Å². The molecule has 1 N–H and O–H groups in total. The Morgan fingerprint density at radius 1 is 1.19 bits per heavy atom. The zero-order valence-electron chi connectivity index (χ0n) is 16.6. The van der Waals surface area contributed by atoms with Gasteiger partial charge in [0.15, 0.2) is 5.78 Å². The Morgan fingerprint density at radius 3 is 2.38 bits per heavy atom. The molecule has 0 radical (unpaired) electrons. The normalized spacial score (nSPS) is 10.9. The maximum Gasteiger partial charge on any atom is 0.354 e. The van der Waals surface area contributed by atoms with E-state index in [9.17, 15) is 14.4 Å². The number of H-pyrrole nitrogens is 1. The highest BCUT2D eigenvalue weighted by Gasteiger charge is 2.26. The summed E-state index contributed by atoms with van der Waals surface area (Å²) < 4.78 is 10.0. The summed E-state index contributed by atoms with van der Waals surface area (Å²) in [6.07, 6.45) is 0.665. The molecule has 146 valence electrons. The van der Waals surface area contributed by atoms with Crippen LogP contribution in [0.5, 0.6) is 0 Å². The molecule has 0 aliphatic rings. The predicted octanol–water partition coefficient (Wildman–Crippen LogP) is 2.51. The van der Waals surface area contributed by atoms with Crippen molar-refractivity contribution >= 4 is 17.7 Å². The number of carbonyl (C=O) groups excluding carboxylic acids is 3. The summed E-state index contributed by atoms with van der Waals surface area (Å²) in [5.41, 5.74) is 1.85. The molecule has 0 aliphatic heterocycles. The number of nitrogens with zero attached hydrogens (tertiary/aromatic N) is 1. The van der Waals surface area contributed by atoms with Gasteiger partial charge in [-0.05, 0) is 32.8 Å². The summed E-state index contributed by atoms with van der Waals surface area (Å²) in [4.78, 5) is 41.6. The van der Waals surface area contributed by atoms with E-state index in [1.807, 2.05) is 20.8 Å². The molecule has 1 amide bonds. The molecule has 0 unspecified atom stereocenters. The van der Waals surface area contributed by atoms with E-state index in [2.05, 4.69) is 4.98 Å². The van der Waals surface area contributed by atoms with Gasteiger partial charge in [0, 0.05) is 36.9 Å². The van der Waals surface area contributed by atoms with E-state index in [1.165, 1.54) is 7.11 Å². The zero-order chi connectivity index (χ0) is 19.9. The van der Waals surface area contributed by atoms with Gasteiger partial charge in [-0.1, -0.05) is 13.8 Å². The first-order valence-corrected chi connectivity index (χ1v) is 8.91. The summed E-state index contributed by atoms with van der Waals surface area (Å²) in [7, 11) is 1.29. The second kappa shape index (κ2) is 10.1. The van der Waals surface area contributed by atoms with Gasteiger partial charge in [-0.15, -0.1) is 0 Å². The van der Waals surface area contributed by atoms with Gasteiger partial charge in [-0.3, -0.25) is 9.59 Å². The van der Waals surface area contributed by atoms with Crippen molar-refractivity contribution in [3.8, 4) is 0 Å². The Balaban J connectivity index is 2.97. The number of aromatic nitrogens is 1. The van der Waals surface area contributed by atoms with E-state index in [-0.39, 0.29) is 29.8 Å². The number of ether oxygens (including phenoxy) is 2. The van der Waals surface area contributed by atoms with Crippen LogP contribution in [0.15, 0.2) is 0 Å². The molecule has 26 heavy (non-hydrogen) atoms. The number of nitrogens with one attached hydrogen (secondary N) is 1. The number of ketones is 1. The van der Waals surface area contributed by atoms with Crippen LogP contribution in [0, 0.1) is 19.8 Å². The summed E-state index contributed by atoms with van der Waals surface area (Å²) in [5, 5.41) is 0. The molecule has 0 aromatic carbocycles. The van der Waals surface area contributed by atoms with Crippen LogP contribution in [-0.2, 0) is 14.3 Å². The predicted molar refractivity (Wildman–Crippen MR) is 98.5 cm³/mol. The Morgan fingerprint density at radius 2 is 1.85 bits per heavy atom. The number of rotatable bonds is 10.